The molecule has 0 unspecified atom stereocenters. The molecule has 1 aliphatic heterocycles. The molecular weight excluding hydrogens is 238 g/mol. The first-order valence-electron chi connectivity index (χ1n) is 7.81. The molecule has 112 valence electrons. The van der Waals surface area contributed by atoms with E-state index < -0.39 is 5.60 Å². The van der Waals surface area contributed by atoms with Crippen LogP contribution in [-0.4, -0.2) is 73.4 Å². The number of aliphatic hydroxyl groups is 1. The molecule has 1 saturated carbocycles. The maximum atomic E-state index is 10.4. The number of hydrogen-bond donors (Lipinski definition) is 2. The first kappa shape index (κ1) is 15.2. The van der Waals surface area contributed by atoms with Crippen LogP contribution in [0, 0.1) is 0 Å². The van der Waals surface area contributed by atoms with Crippen LogP contribution in [0.4, 0.5) is 0 Å². The van der Waals surface area contributed by atoms with Gasteiger partial charge in [-0.05, 0) is 72.8 Å². The van der Waals surface area contributed by atoms with Gasteiger partial charge in [0.15, 0.2) is 0 Å². The second-order valence-electron chi connectivity index (χ2n) is 6.69. The lowest BCUT2D eigenvalue weighted by atomic mass is 9.81. The van der Waals surface area contributed by atoms with E-state index in [1.54, 1.807) is 0 Å². The Morgan fingerprint density at radius 1 is 1.16 bits per heavy atom. The summed E-state index contributed by atoms with van der Waals surface area (Å²) in [5.74, 6) is 0. The Morgan fingerprint density at radius 2 is 1.68 bits per heavy atom. The van der Waals surface area contributed by atoms with E-state index in [4.69, 9.17) is 0 Å². The average molecular weight is 269 g/mol. The minimum absolute atomic E-state index is 0.459. The summed E-state index contributed by atoms with van der Waals surface area (Å²) in [6, 6.07) is 1.42. The van der Waals surface area contributed by atoms with Crippen molar-refractivity contribution in [3.8, 4) is 0 Å². The van der Waals surface area contributed by atoms with E-state index in [1.165, 1.54) is 25.9 Å². The molecule has 0 radical (unpaired) electrons. The van der Waals surface area contributed by atoms with Crippen molar-refractivity contribution in [1.29, 1.82) is 0 Å². The highest BCUT2D eigenvalue weighted by molar-refractivity contribution is 4.91. The number of likely N-dealkylation sites (tertiary alicyclic amines) is 1. The second-order valence-corrected chi connectivity index (χ2v) is 6.69. The molecule has 0 atom stereocenters. The molecule has 2 fully saturated rings. The summed E-state index contributed by atoms with van der Waals surface area (Å²) in [5.41, 5.74) is -0.459. The van der Waals surface area contributed by atoms with Gasteiger partial charge < -0.3 is 20.2 Å². The van der Waals surface area contributed by atoms with Gasteiger partial charge in [0.25, 0.3) is 0 Å². The lowest BCUT2D eigenvalue weighted by Gasteiger charge is -2.44. The molecule has 1 aliphatic carbocycles. The highest BCUT2D eigenvalue weighted by atomic mass is 16.3. The number of nitrogens with one attached hydrogen (secondary N) is 1. The van der Waals surface area contributed by atoms with Crippen molar-refractivity contribution in [2.24, 2.45) is 0 Å². The van der Waals surface area contributed by atoms with Crippen LogP contribution in [0.3, 0.4) is 0 Å². The summed E-state index contributed by atoms with van der Waals surface area (Å²) in [6.45, 7) is 3.19. The first-order chi connectivity index (χ1) is 9.04. The van der Waals surface area contributed by atoms with Crippen LogP contribution in [0.5, 0.6) is 0 Å². The van der Waals surface area contributed by atoms with Gasteiger partial charge in [-0.15, -0.1) is 0 Å². The first-order valence-corrected chi connectivity index (χ1v) is 7.81. The maximum Gasteiger partial charge on any atom is 0.0772 e. The zero-order chi connectivity index (χ0) is 13.9. The van der Waals surface area contributed by atoms with Crippen molar-refractivity contribution in [2.75, 3.05) is 40.8 Å². The average Bonchev–Trinajstić information content (AvgIpc) is 2.40. The molecule has 1 heterocycles. The molecule has 19 heavy (non-hydrogen) atoms. The van der Waals surface area contributed by atoms with Crippen molar-refractivity contribution in [3.05, 3.63) is 0 Å². The molecule has 2 aliphatic rings. The molecular formula is C15H31N3O. The SMILES string of the molecule is CNCC1(O)CCC(N(C)C2CCN(C)CC2)CC1. The van der Waals surface area contributed by atoms with Crippen molar-refractivity contribution in [2.45, 2.75) is 56.2 Å². The summed E-state index contributed by atoms with van der Waals surface area (Å²) in [5, 5.41) is 13.5. The third kappa shape index (κ3) is 3.91. The number of piperidine rings is 1. The Bertz CT molecular complexity index is 269. The van der Waals surface area contributed by atoms with E-state index in [9.17, 15) is 5.11 Å². The highest BCUT2D eigenvalue weighted by Gasteiger charge is 2.35. The zero-order valence-electron chi connectivity index (χ0n) is 12.9. The fourth-order valence-corrected chi connectivity index (χ4v) is 3.75. The molecule has 0 spiro atoms. The second kappa shape index (κ2) is 6.53. The number of nitrogens with zero attached hydrogens (tertiary/aromatic N) is 2. The van der Waals surface area contributed by atoms with Gasteiger partial charge in [-0.3, -0.25) is 0 Å². The van der Waals surface area contributed by atoms with Crippen LogP contribution < -0.4 is 5.32 Å². The van der Waals surface area contributed by atoms with Gasteiger partial charge in [0.1, 0.15) is 0 Å². The summed E-state index contributed by atoms with van der Waals surface area (Å²) in [4.78, 5) is 5.03. The topological polar surface area (TPSA) is 38.7 Å². The number of likely N-dealkylation sites (N-methyl/N-ethyl adjacent to an activating group) is 1. The van der Waals surface area contributed by atoms with E-state index in [0.717, 1.165) is 38.3 Å². The molecule has 4 heteroatoms. The Hall–Kier alpha value is -0.160. The van der Waals surface area contributed by atoms with Crippen LogP contribution in [0.25, 0.3) is 0 Å². The van der Waals surface area contributed by atoms with E-state index in [2.05, 4.69) is 29.2 Å². The molecule has 0 aromatic rings. The fraction of sp³-hybridized carbons (Fsp3) is 1.00. The standard InChI is InChI=1S/C15H31N3O/c1-16-12-15(19)8-4-13(5-9-15)18(3)14-6-10-17(2)11-7-14/h13-14,16,19H,4-12H2,1-3H3. The van der Waals surface area contributed by atoms with Crippen LogP contribution in [0.15, 0.2) is 0 Å². The predicted octanol–water partition coefficient (Wildman–Crippen LogP) is 0.905. The summed E-state index contributed by atoms with van der Waals surface area (Å²) in [7, 11) is 6.44. The Balaban J connectivity index is 1.80. The quantitative estimate of drug-likeness (QED) is 0.795. The van der Waals surface area contributed by atoms with Crippen molar-refractivity contribution >= 4 is 0 Å². The fourth-order valence-electron chi connectivity index (χ4n) is 3.75. The van der Waals surface area contributed by atoms with Gasteiger partial charge in [0.05, 0.1) is 5.60 Å². The summed E-state index contributed by atoms with van der Waals surface area (Å²) in [6.07, 6.45) is 6.75. The minimum Gasteiger partial charge on any atom is -0.389 e. The molecule has 0 aromatic heterocycles. The molecule has 2 N–H and O–H groups in total. The molecule has 1 saturated heterocycles. The number of rotatable bonds is 4. The smallest absolute Gasteiger partial charge is 0.0772 e. The highest BCUT2D eigenvalue weighted by Crippen LogP contribution is 2.32. The van der Waals surface area contributed by atoms with Crippen molar-refractivity contribution in [3.63, 3.8) is 0 Å². The zero-order valence-corrected chi connectivity index (χ0v) is 12.9. The Morgan fingerprint density at radius 3 is 2.21 bits per heavy atom. The van der Waals surface area contributed by atoms with Crippen LogP contribution >= 0.6 is 0 Å². The maximum absolute atomic E-state index is 10.4. The Kier molecular flexibility index (Phi) is 5.23. The van der Waals surface area contributed by atoms with E-state index >= 15 is 0 Å². The van der Waals surface area contributed by atoms with Gasteiger partial charge in [0.2, 0.25) is 0 Å². The van der Waals surface area contributed by atoms with E-state index in [1.807, 2.05) is 7.05 Å². The largest absolute Gasteiger partial charge is 0.389 e. The van der Waals surface area contributed by atoms with Crippen molar-refractivity contribution in [1.82, 2.24) is 15.1 Å². The van der Waals surface area contributed by atoms with Gasteiger partial charge in [-0.1, -0.05) is 0 Å². The monoisotopic (exact) mass is 269 g/mol. The summed E-state index contributed by atoms with van der Waals surface area (Å²) < 4.78 is 0. The lowest BCUT2D eigenvalue weighted by Crippen LogP contribution is -2.51. The molecule has 0 aromatic carbocycles. The molecule has 2 rings (SSSR count). The normalized spacial score (nSPS) is 34.9. The number of hydrogen-bond acceptors (Lipinski definition) is 4. The molecule has 0 bridgehead atoms. The van der Waals surface area contributed by atoms with Crippen molar-refractivity contribution < 1.29 is 5.11 Å². The third-order valence-electron chi connectivity index (χ3n) is 5.23. The lowest BCUT2D eigenvalue weighted by molar-refractivity contribution is -0.0239. The van der Waals surface area contributed by atoms with E-state index in [-0.39, 0.29) is 0 Å². The van der Waals surface area contributed by atoms with E-state index in [0.29, 0.717) is 6.04 Å². The molecule has 4 nitrogen and oxygen atoms in total. The van der Waals surface area contributed by atoms with Gasteiger partial charge in [0, 0.05) is 18.6 Å². The van der Waals surface area contributed by atoms with Crippen LogP contribution in [0.2, 0.25) is 0 Å². The predicted molar refractivity (Wildman–Crippen MR) is 79.4 cm³/mol. The minimum atomic E-state index is -0.459. The molecule has 0 amide bonds. The Labute approximate surface area is 118 Å². The van der Waals surface area contributed by atoms with Gasteiger partial charge in [-0.25, -0.2) is 0 Å². The van der Waals surface area contributed by atoms with Gasteiger partial charge in [-0.2, -0.15) is 0 Å². The van der Waals surface area contributed by atoms with Crippen LogP contribution in [-0.2, 0) is 0 Å². The summed E-state index contributed by atoms with van der Waals surface area (Å²) >= 11 is 0. The van der Waals surface area contributed by atoms with Crippen LogP contribution in [0.1, 0.15) is 38.5 Å². The third-order valence-corrected chi connectivity index (χ3v) is 5.23. The van der Waals surface area contributed by atoms with Gasteiger partial charge >= 0.3 is 0 Å².